The second kappa shape index (κ2) is 9.82. The van der Waals surface area contributed by atoms with Crippen LogP contribution in [-0.4, -0.2) is 41.2 Å². The van der Waals surface area contributed by atoms with E-state index in [0.717, 1.165) is 52.2 Å². The Morgan fingerprint density at radius 2 is 1.74 bits per heavy atom. The third kappa shape index (κ3) is 4.69. The van der Waals surface area contributed by atoms with Gasteiger partial charge in [-0.15, -0.1) is 0 Å². The first-order valence-corrected chi connectivity index (χ1v) is 12.9. The van der Waals surface area contributed by atoms with Gasteiger partial charge in [-0.25, -0.2) is 0 Å². The number of carbonyl (C=O) groups excluding carboxylic acids is 3. The smallest absolute Gasteiger partial charge is 0.259 e. The van der Waals surface area contributed by atoms with Crippen LogP contribution in [0.1, 0.15) is 48.5 Å². The average Bonchev–Trinajstić information content (AvgIpc) is 3.47. The molecule has 1 heterocycles. The SMILES string of the molecule is C[C@H](C(=O)NC1CCCC1)N(Cc1ccc(Br)cc1)C(=O)CN1C(=O)c2cccc3cccc1c23. The molecule has 6 nitrogen and oxygen atoms in total. The number of nitrogens with one attached hydrogen (secondary N) is 1. The van der Waals surface area contributed by atoms with Crippen LogP contribution in [0.15, 0.2) is 65.1 Å². The molecule has 0 saturated heterocycles. The molecule has 5 rings (SSSR count). The van der Waals surface area contributed by atoms with Gasteiger partial charge in [0.25, 0.3) is 5.91 Å². The monoisotopic (exact) mass is 533 g/mol. The molecular formula is C28H28BrN3O3. The lowest BCUT2D eigenvalue weighted by molar-refractivity contribution is -0.139. The molecular weight excluding hydrogens is 506 g/mol. The number of rotatable bonds is 7. The summed E-state index contributed by atoms with van der Waals surface area (Å²) >= 11 is 3.45. The molecule has 1 atom stereocenters. The normalized spacial score (nSPS) is 16.1. The Morgan fingerprint density at radius 1 is 1.06 bits per heavy atom. The summed E-state index contributed by atoms with van der Waals surface area (Å²) in [5.74, 6) is -0.600. The van der Waals surface area contributed by atoms with Gasteiger partial charge in [-0.1, -0.05) is 65.2 Å². The summed E-state index contributed by atoms with van der Waals surface area (Å²) in [6.07, 6.45) is 4.18. The molecule has 2 aliphatic rings. The van der Waals surface area contributed by atoms with E-state index in [0.29, 0.717) is 5.56 Å². The zero-order valence-electron chi connectivity index (χ0n) is 19.7. The first kappa shape index (κ1) is 23.5. The minimum absolute atomic E-state index is 0.121. The molecule has 1 fully saturated rings. The Labute approximate surface area is 213 Å². The van der Waals surface area contributed by atoms with Crippen LogP contribution >= 0.6 is 15.9 Å². The minimum atomic E-state index is -0.664. The maximum absolute atomic E-state index is 13.7. The van der Waals surface area contributed by atoms with Gasteiger partial charge >= 0.3 is 0 Å². The van der Waals surface area contributed by atoms with E-state index in [1.165, 1.54) is 4.90 Å². The Bertz CT molecular complexity index is 1280. The van der Waals surface area contributed by atoms with Gasteiger partial charge in [-0.3, -0.25) is 19.3 Å². The lowest BCUT2D eigenvalue weighted by Crippen LogP contribution is -2.52. The largest absolute Gasteiger partial charge is 0.352 e. The van der Waals surface area contributed by atoms with Gasteiger partial charge in [0.05, 0.1) is 5.69 Å². The highest BCUT2D eigenvalue weighted by Gasteiger charge is 2.34. The fourth-order valence-corrected chi connectivity index (χ4v) is 5.39. The number of carbonyl (C=O) groups is 3. The van der Waals surface area contributed by atoms with Crippen LogP contribution in [0.25, 0.3) is 10.8 Å². The number of anilines is 1. The number of benzene rings is 3. The van der Waals surface area contributed by atoms with Gasteiger partial charge in [0.2, 0.25) is 11.8 Å². The van der Waals surface area contributed by atoms with Gasteiger partial charge in [0.15, 0.2) is 0 Å². The first-order valence-electron chi connectivity index (χ1n) is 12.1. The van der Waals surface area contributed by atoms with Crippen LogP contribution in [0, 0.1) is 0 Å². The third-order valence-corrected chi connectivity index (χ3v) is 7.61. The van der Waals surface area contributed by atoms with Crippen molar-refractivity contribution in [3.05, 3.63) is 76.3 Å². The zero-order chi connectivity index (χ0) is 24.5. The topological polar surface area (TPSA) is 69.7 Å². The maximum atomic E-state index is 13.7. The molecule has 3 aromatic carbocycles. The van der Waals surface area contributed by atoms with Crippen molar-refractivity contribution in [3.8, 4) is 0 Å². The van der Waals surface area contributed by atoms with E-state index in [1.54, 1.807) is 17.9 Å². The van der Waals surface area contributed by atoms with Crippen molar-refractivity contribution in [1.82, 2.24) is 10.2 Å². The van der Waals surface area contributed by atoms with Crippen LogP contribution in [0.4, 0.5) is 5.69 Å². The number of halogens is 1. The van der Waals surface area contributed by atoms with E-state index in [4.69, 9.17) is 0 Å². The van der Waals surface area contributed by atoms with Gasteiger partial charge in [0, 0.05) is 28.0 Å². The molecule has 1 N–H and O–H groups in total. The first-order chi connectivity index (χ1) is 16.9. The lowest BCUT2D eigenvalue weighted by atomic mass is 10.1. The zero-order valence-corrected chi connectivity index (χ0v) is 21.3. The van der Waals surface area contributed by atoms with Crippen molar-refractivity contribution in [3.63, 3.8) is 0 Å². The molecule has 7 heteroatoms. The Morgan fingerprint density at radius 3 is 2.46 bits per heavy atom. The molecule has 0 bridgehead atoms. The van der Waals surface area contributed by atoms with Crippen molar-refractivity contribution >= 4 is 50.1 Å². The van der Waals surface area contributed by atoms with E-state index in [1.807, 2.05) is 54.6 Å². The van der Waals surface area contributed by atoms with Crippen LogP contribution in [-0.2, 0) is 16.1 Å². The standard InChI is InChI=1S/C28H28BrN3O3/c1-18(27(34)30-22-8-2-3-9-22)31(16-19-12-14-21(29)15-13-19)25(33)17-32-24-11-5-7-20-6-4-10-23(26(20)24)28(32)35/h4-7,10-15,18,22H,2-3,8-9,16-17H2,1H3,(H,30,34)/t18-/m1/s1. The van der Waals surface area contributed by atoms with Crippen LogP contribution in [0.2, 0.25) is 0 Å². The summed E-state index contributed by atoms with van der Waals surface area (Å²) in [6.45, 7) is 1.93. The van der Waals surface area contributed by atoms with Crippen molar-refractivity contribution in [2.45, 2.75) is 51.2 Å². The number of hydrogen-bond donors (Lipinski definition) is 1. The number of nitrogens with zero attached hydrogens (tertiary/aromatic N) is 2. The highest BCUT2D eigenvalue weighted by molar-refractivity contribution is 9.10. The second-order valence-corrected chi connectivity index (χ2v) is 10.3. The highest BCUT2D eigenvalue weighted by Crippen LogP contribution is 2.37. The molecule has 0 radical (unpaired) electrons. The number of amides is 3. The molecule has 0 spiro atoms. The molecule has 1 aliphatic carbocycles. The van der Waals surface area contributed by atoms with E-state index in [-0.39, 0.29) is 36.9 Å². The molecule has 1 aliphatic heterocycles. The summed E-state index contributed by atoms with van der Waals surface area (Å²) in [4.78, 5) is 43.2. The predicted molar refractivity (Wildman–Crippen MR) is 140 cm³/mol. The average molecular weight is 534 g/mol. The minimum Gasteiger partial charge on any atom is -0.352 e. The van der Waals surface area contributed by atoms with Crippen LogP contribution in [0.5, 0.6) is 0 Å². The highest BCUT2D eigenvalue weighted by atomic mass is 79.9. The summed E-state index contributed by atoms with van der Waals surface area (Å²) in [6, 6.07) is 18.6. The van der Waals surface area contributed by atoms with Gasteiger partial charge < -0.3 is 10.2 Å². The molecule has 1 saturated carbocycles. The summed E-state index contributed by atoms with van der Waals surface area (Å²) < 4.78 is 0.944. The summed E-state index contributed by atoms with van der Waals surface area (Å²) in [5, 5.41) is 4.97. The van der Waals surface area contributed by atoms with Crippen molar-refractivity contribution in [1.29, 1.82) is 0 Å². The van der Waals surface area contributed by atoms with Gasteiger partial charge in [-0.2, -0.15) is 0 Å². The molecule has 180 valence electrons. The molecule has 0 unspecified atom stereocenters. The molecule has 0 aromatic heterocycles. The Kier molecular flexibility index (Phi) is 6.60. The fraction of sp³-hybridized carbons (Fsp3) is 0.321. The predicted octanol–water partition coefficient (Wildman–Crippen LogP) is 5.04. The summed E-state index contributed by atoms with van der Waals surface area (Å²) in [7, 11) is 0. The fourth-order valence-electron chi connectivity index (χ4n) is 5.12. The van der Waals surface area contributed by atoms with E-state index >= 15 is 0 Å². The van der Waals surface area contributed by atoms with Crippen molar-refractivity contribution in [2.24, 2.45) is 0 Å². The van der Waals surface area contributed by atoms with Crippen LogP contribution < -0.4 is 10.2 Å². The quantitative estimate of drug-likeness (QED) is 0.462. The third-order valence-electron chi connectivity index (χ3n) is 7.08. The number of hydrogen-bond acceptors (Lipinski definition) is 3. The van der Waals surface area contributed by atoms with Crippen LogP contribution in [0.3, 0.4) is 0 Å². The van der Waals surface area contributed by atoms with E-state index in [2.05, 4.69) is 21.2 Å². The van der Waals surface area contributed by atoms with Crippen molar-refractivity contribution < 1.29 is 14.4 Å². The van der Waals surface area contributed by atoms with Gasteiger partial charge in [0.1, 0.15) is 12.6 Å². The second-order valence-electron chi connectivity index (χ2n) is 9.39. The molecule has 3 amide bonds. The molecule has 35 heavy (non-hydrogen) atoms. The van der Waals surface area contributed by atoms with Crippen molar-refractivity contribution in [2.75, 3.05) is 11.4 Å². The van der Waals surface area contributed by atoms with E-state index in [9.17, 15) is 14.4 Å². The lowest BCUT2D eigenvalue weighted by Gasteiger charge is -2.31. The molecule has 3 aromatic rings. The Balaban J connectivity index is 1.40. The Hall–Kier alpha value is -3.19. The summed E-state index contributed by atoms with van der Waals surface area (Å²) in [5.41, 5.74) is 2.26. The van der Waals surface area contributed by atoms with E-state index < -0.39 is 6.04 Å². The van der Waals surface area contributed by atoms with Gasteiger partial charge in [-0.05, 0) is 55.0 Å². The maximum Gasteiger partial charge on any atom is 0.259 e.